The highest BCUT2D eigenvalue weighted by molar-refractivity contribution is 5.94. The van der Waals surface area contributed by atoms with E-state index in [0.717, 1.165) is 17.5 Å². The Hall–Kier alpha value is -3.58. The summed E-state index contributed by atoms with van der Waals surface area (Å²) in [6.07, 6.45) is 0.868. The fourth-order valence-corrected chi connectivity index (χ4v) is 3.50. The number of nitrogens with zero attached hydrogens (tertiary/aromatic N) is 1. The maximum absolute atomic E-state index is 13.0. The second-order valence-corrected chi connectivity index (χ2v) is 8.20. The minimum Gasteiger partial charge on any atom is -0.489 e. The largest absolute Gasteiger partial charge is 0.489 e. The first-order valence-electron chi connectivity index (χ1n) is 10.5. The number of carbonyl (C=O) groups is 1. The summed E-state index contributed by atoms with van der Waals surface area (Å²) in [5.74, 6) is 0.987. The lowest BCUT2D eigenvalue weighted by Gasteiger charge is -2.22. The summed E-state index contributed by atoms with van der Waals surface area (Å²) < 4.78 is 5.80. The van der Waals surface area contributed by atoms with E-state index in [1.165, 1.54) is 5.56 Å². The van der Waals surface area contributed by atoms with Crippen molar-refractivity contribution < 1.29 is 9.53 Å². The summed E-state index contributed by atoms with van der Waals surface area (Å²) in [7, 11) is 0. The van der Waals surface area contributed by atoms with Crippen molar-refractivity contribution in [3.63, 3.8) is 0 Å². The molecule has 4 nitrogen and oxygen atoms in total. The van der Waals surface area contributed by atoms with Gasteiger partial charge in [0, 0.05) is 5.56 Å². The minimum atomic E-state index is -0.0968. The maximum atomic E-state index is 13.0. The van der Waals surface area contributed by atoms with Crippen molar-refractivity contribution in [1.82, 2.24) is 5.32 Å². The number of hydrogen-bond donors (Lipinski definition) is 1. The van der Waals surface area contributed by atoms with Crippen LogP contribution in [0.3, 0.4) is 0 Å². The molecule has 1 N–H and O–H groups in total. The summed E-state index contributed by atoms with van der Waals surface area (Å²) in [6, 6.07) is 24.9. The summed E-state index contributed by atoms with van der Waals surface area (Å²) in [6.45, 7) is 6.71. The van der Waals surface area contributed by atoms with Crippen LogP contribution in [0, 0.1) is 24.2 Å². The van der Waals surface area contributed by atoms with Gasteiger partial charge in [0.2, 0.25) is 0 Å². The van der Waals surface area contributed by atoms with E-state index in [2.05, 4.69) is 50.4 Å². The lowest BCUT2D eigenvalue weighted by atomic mass is 9.95. The van der Waals surface area contributed by atoms with Crippen molar-refractivity contribution in [1.29, 1.82) is 5.26 Å². The van der Waals surface area contributed by atoms with Crippen molar-refractivity contribution in [2.24, 2.45) is 5.92 Å². The molecule has 0 aliphatic heterocycles. The van der Waals surface area contributed by atoms with Crippen molar-refractivity contribution in [3.05, 3.63) is 101 Å². The molecule has 3 aromatic carbocycles. The molecule has 3 rings (SSSR count). The normalized spacial score (nSPS) is 11.6. The predicted octanol–water partition coefficient (Wildman–Crippen LogP) is 5.96. The molecule has 4 heteroatoms. The van der Waals surface area contributed by atoms with Gasteiger partial charge < -0.3 is 10.1 Å². The quantitative estimate of drug-likeness (QED) is 0.496. The molecular formula is C27H28N2O2. The molecule has 0 fully saturated rings. The number of aryl methyl sites for hydroxylation is 1. The van der Waals surface area contributed by atoms with Gasteiger partial charge in [-0.25, -0.2) is 0 Å². The van der Waals surface area contributed by atoms with E-state index < -0.39 is 0 Å². The third kappa shape index (κ3) is 6.45. The Morgan fingerprint density at radius 1 is 1.03 bits per heavy atom. The maximum Gasteiger partial charge on any atom is 0.251 e. The third-order valence-electron chi connectivity index (χ3n) is 5.01. The molecule has 0 aliphatic rings. The molecule has 1 amide bonds. The molecule has 0 aromatic heterocycles. The number of amides is 1. The zero-order chi connectivity index (χ0) is 22.2. The van der Waals surface area contributed by atoms with Crippen LogP contribution in [-0.4, -0.2) is 5.91 Å². The van der Waals surface area contributed by atoms with Crippen LogP contribution in [0.4, 0.5) is 0 Å². The van der Waals surface area contributed by atoms with E-state index in [-0.39, 0.29) is 11.9 Å². The minimum absolute atomic E-state index is 0.0407. The van der Waals surface area contributed by atoms with Gasteiger partial charge in [-0.05, 0) is 60.7 Å². The highest BCUT2D eigenvalue weighted by Gasteiger charge is 2.17. The highest BCUT2D eigenvalue weighted by Crippen LogP contribution is 2.23. The third-order valence-corrected chi connectivity index (χ3v) is 5.01. The van der Waals surface area contributed by atoms with Crippen LogP contribution in [0.15, 0.2) is 72.8 Å². The topological polar surface area (TPSA) is 62.1 Å². The molecule has 0 aliphatic carbocycles. The summed E-state index contributed by atoms with van der Waals surface area (Å²) >= 11 is 0. The summed E-state index contributed by atoms with van der Waals surface area (Å²) in [4.78, 5) is 13.0. The van der Waals surface area contributed by atoms with E-state index in [1.54, 1.807) is 18.2 Å². The average molecular weight is 413 g/mol. The molecule has 0 bridgehead atoms. The van der Waals surface area contributed by atoms with Crippen molar-refractivity contribution >= 4 is 5.91 Å². The molecule has 0 spiro atoms. The molecule has 1 unspecified atom stereocenters. The molecule has 0 saturated carbocycles. The first-order chi connectivity index (χ1) is 14.9. The summed E-state index contributed by atoms with van der Waals surface area (Å²) in [5, 5.41) is 12.2. The van der Waals surface area contributed by atoms with Gasteiger partial charge in [0.05, 0.1) is 17.7 Å². The lowest BCUT2D eigenvalue weighted by molar-refractivity contribution is 0.0931. The number of ether oxygens (including phenoxy) is 1. The molecule has 0 saturated heterocycles. The van der Waals surface area contributed by atoms with E-state index >= 15 is 0 Å². The number of nitriles is 1. The Bertz CT molecular complexity index is 1080. The Kier molecular flexibility index (Phi) is 7.45. The van der Waals surface area contributed by atoms with Gasteiger partial charge in [-0.2, -0.15) is 5.26 Å². The number of hydrogen-bond acceptors (Lipinski definition) is 3. The van der Waals surface area contributed by atoms with Gasteiger partial charge in [0.1, 0.15) is 12.4 Å². The molecule has 0 heterocycles. The van der Waals surface area contributed by atoms with E-state index in [1.807, 2.05) is 36.4 Å². The Morgan fingerprint density at radius 2 is 1.81 bits per heavy atom. The average Bonchev–Trinajstić information content (AvgIpc) is 2.77. The van der Waals surface area contributed by atoms with Gasteiger partial charge in [-0.3, -0.25) is 4.79 Å². The van der Waals surface area contributed by atoms with Gasteiger partial charge in [-0.1, -0.05) is 61.9 Å². The number of benzene rings is 3. The van der Waals surface area contributed by atoms with Crippen LogP contribution in [0.25, 0.3) is 0 Å². The molecule has 31 heavy (non-hydrogen) atoms. The highest BCUT2D eigenvalue weighted by atomic mass is 16.5. The molecule has 0 radical (unpaired) electrons. The fourth-order valence-electron chi connectivity index (χ4n) is 3.50. The van der Waals surface area contributed by atoms with E-state index in [9.17, 15) is 4.79 Å². The molecule has 1 atom stereocenters. The van der Waals surface area contributed by atoms with Gasteiger partial charge in [0.25, 0.3) is 5.91 Å². The van der Waals surface area contributed by atoms with Gasteiger partial charge in [0.15, 0.2) is 0 Å². The molecule has 158 valence electrons. The van der Waals surface area contributed by atoms with Gasteiger partial charge in [-0.15, -0.1) is 0 Å². The SMILES string of the molecule is Cc1cccc(C(CC(C)C)NC(=O)c2cccc(COc3cccc(C#N)c3)c2)c1. The van der Waals surface area contributed by atoms with Crippen LogP contribution in [0.2, 0.25) is 0 Å². The monoisotopic (exact) mass is 412 g/mol. The van der Waals surface area contributed by atoms with E-state index in [0.29, 0.717) is 29.4 Å². The Morgan fingerprint density at radius 3 is 2.55 bits per heavy atom. The fraction of sp³-hybridized carbons (Fsp3) is 0.259. The second kappa shape index (κ2) is 10.4. The van der Waals surface area contributed by atoms with Crippen molar-refractivity contribution in [2.45, 2.75) is 39.8 Å². The number of carbonyl (C=O) groups excluding carboxylic acids is 1. The van der Waals surface area contributed by atoms with E-state index in [4.69, 9.17) is 10.00 Å². The number of nitrogens with one attached hydrogen (secondary N) is 1. The predicted molar refractivity (Wildman–Crippen MR) is 123 cm³/mol. The smallest absolute Gasteiger partial charge is 0.251 e. The summed E-state index contributed by atoms with van der Waals surface area (Å²) in [5.41, 5.74) is 4.36. The van der Waals surface area contributed by atoms with Crippen LogP contribution in [-0.2, 0) is 6.61 Å². The molecular weight excluding hydrogens is 384 g/mol. The standard InChI is InChI=1S/C27H28N2O2/c1-19(2)13-26(23-10-4-7-20(3)14-23)29-27(30)24-11-5-9-22(15-24)18-31-25-12-6-8-21(16-25)17-28/h4-12,14-16,19,26H,13,18H2,1-3H3,(H,29,30). The zero-order valence-corrected chi connectivity index (χ0v) is 18.3. The van der Waals surface area contributed by atoms with Gasteiger partial charge >= 0.3 is 0 Å². The van der Waals surface area contributed by atoms with Crippen LogP contribution in [0.5, 0.6) is 5.75 Å². The zero-order valence-electron chi connectivity index (χ0n) is 18.3. The molecule has 3 aromatic rings. The van der Waals surface area contributed by atoms with Crippen molar-refractivity contribution in [2.75, 3.05) is 0 Å². The lowest BCUT2D eigenvalue weighted by Crippen LogP contribution is -2.29. The van der Waals surface area contributed by atoms with Crippen LogP contribution < -0.4 is 10.1 Å². The first kappa shape index (κ1) is 22.1. The number of rotatable bonds is 8. The first-order valence-corrected chi connectivity index (χ1v) is 10.5. The Balaban J connectivity index is 1.71. The van der Waals surface area contributed by atoms with Crippen LogP contribution >= 0.6 is 0 Å². The Labute approximate surface area is 184 Å². The van der Waals surface area contributed by atoms with Crippen molar-refractivity contribution in [3.8, 4) is 11.8 Å². The second-order valence-electron chi connectivity index (χ2n) is 8.20. The van der Waals surface area contributed by atoms with Crippen LogP contribution in [0.1, 0.15) is 58.9 Å².